The highest BCUT2D eigenvalue weighted by atomic mass is 16.6. The van der Waals surface area contributed by atoms with Crippen molar-refractivity contribution in [3.63, 3.8) is 0 Å². The third-order valence-corrected chi connectivity index (χ3v) is 11.2. The molecule has 3 aliphatic rings. The number of urea groups is 1. The molecule has 5 heterocycles. The Balaban J connectivity index is 0.000000225. The van der Waals surface area contributed by atoms with Crippen LogP contribution in [0, 0.1) is 0 Å². The van der Waals surface area contributed by atoms with Crippen LogP contribution in [0.15, 0.2) is 71.5 Å². The number of hydrogen-bond donors (Lipinski definition) is 3. The summed E-state index contributed by atoms with van der Waals surface area (Å²) >= 11 is 0. The van der Waals surface area contributed by atoms with Crippen molar-refractivity contribution in [3.8, 4) is 5.75 Å². The van der Waals surface area contributed by atoms with E-state index in [9.17, 15) is 9.59 Å². The zero-order chi connectivity index (χ0) is 46.8. The Kier molecular flexibility index (Phi) is 18.0. The molecule has 20 heteroatoms. The van der Waals surface area contributed by atoms with Gasteiger partial charge in [-0.05, 0) is 55.2 Å². The lowest BCUT2D eigenvalue weighted by Crippen LogP contribution is -2.50. The quantitative estimate of drug-likeness (QED) is 0.0873. The van der Waals surface area contributed by atoms with Crippen molar-refractivity contribution < 1.29 is 28.7 Å². The Bertz CT molecular complexity index is 2200. The maximum absolute atomic E-state index is 12.8. The summed E-state index contributed by atoms with van der Waals surface area (Å²) in [5, 5.41) is 10.8. The summed E-state index contributed by atoms with van der Waals surface area (Å²) in [5.41, 5.74) is 16.4. The number of amides is 3. The zero-order valence-corrected chi connectivity index (χ0v) is 38.7. The maximum Gasteiger partial charge on any atom is 0.321 e. The number of hydrogen-bond acceptors (Lipinski definition) is 17. The van der Waals surface area contributed by atoms with Crippen molar-refractivity contribution in [2.45, 2.75) is 46.1 Å². The highest BCUT2D eigenvalue weighted by Gasteiger charge is 2.26. The molecule has 3 amide bonds. The highest BCUT2D eigenvalue weighted by Crippen LogP contribution is 2.24. The van der Waals surface area contributed by atoms with Gasteiger partial charge in [-0.15, -0.1) is 0 Å². The van der Waals surface area contributed by atoms with E-state index in [0.29, 0.717) is 106 Å². The van der Waals surface area contributed by atoms with E-state index in [1.165, 1.54) is 31.5 Å². The summed E-state index contributed by atoms with van der Waals surface area (Å²) in [7, 11) is 1.47. The van der Waals surface area contributed by atoms with Gasteiger partial charge in [-0.3, -0.25) is 9.69 Å². The molecular formula is C46H64N14O6. The van der Waals surface area contributed by atoms with Crippen LogP contribution in [0.5, 0.6) is 5.75 Å². The maximum atomic E-state index is 12.8. The van der Waals surface area contributed by atoms with Crippen molar-refractivity contribution in [2.24, 2.45) is 10.3 Å². The molecule has 5 N–H and O–H groups in total. The topological polar surface area (TPSA) is 228 Å². The number of carbonyl (C=O) groups is 2. The number of nitrogen functional groups attached to an aromatic ring is 2. The van der Waals surface area contributed by atoms with Crippen LogP contribution in [0.2, 0.25) is 0 Å². The monoisotopic (exact) mass is 909 g/mol. The molecule has 2 aromatic heterocycles. The number of rotatable bonds is 15. The molecule has 0 bridgehead atoms. The minimum absolute atomic E-state index is 0.0987. The van der Waals surface area contributed by atoms with Gasteiger partial charge in [0.25, 0.3) is 0 Å². The number of aromatic nitrogens is 4. The third kappa shape index (κ3) is 14.1. The van der Waals surface area contributed by atoms with Crippen molar-refractivity contribution in [2.75, 3.05) is 126 Å². The number of piperazine rings is 2. The minimum atomic E-state index is -0.144. The smallest absolute Gasteiger partial charge is 0.321 e. The number of carbonyl (C=O) groups excluding carboxylic acids is 2. The summed E-state index contributed by atoms with van der Waals surface area (Å²) < 4.78 is 11.0. The molecule has 4 aromatic rings. The van der Waals surface area contributed by atoms with E-state index >= 15 is 0 Å². The molecule has 354 valence electrons. The van der Waals surface area contributed by atoms with Crippen molar-refractivity contribution >= 4 is 53.3 Å². The SMILES string of the molecule is CC(C)Oc1ccc(NC(=O)N2CCN(c3ncnc(N)c3/C=N/OCCN3CCOCC3)CC2)cc1.CO/N=C/c1c(N)ncnc1N1CCN(C(=O)Cc2ccc(C(C)C)cc2)CC1. The lowest BCUT2D eigenvalue weighted by atomic mass is 10.0. The van der Waals surface area contributed by atoms with Crippen LogP contribution >= 0.6 is 0 Å². The minimum Gasteiger partial charge on any atom is -0.491 e. The lowest BCUT2D eigenvalue weighted by molar-refractivity contribution is -0.130. The summed E-state index contributed by atoms with van der Waals surface area (Å²) in [5.74, 6) is 3.46. The van der Waals surface area contributed by atoms with E-state index < -0.39 is 0 Å². The predicted octanol–water partition coefficient (Wildman–Crippen LogP) is 3.94. The van der Waals surface area contributed by atoms with Gasteiger partial charge < -0.3 is 55.5 Å². The van der Waals surface area contributed by atoms with E-state index in [4.69, 9.17) is 30.6 Å². The van der Waals surface area contributed by atoms with Gasteiger partial charge in [-0.25, -0.2) is 24.7 Å². The number of anilines is 5. The van der Waals surface area contributed by atoms with E-state index in [2.05, 4.69) is 88.4 Å². The molecule has 3 aliphatic heterocycles. The fraction of sp³-hybridized carbons (Fsp3) is 0.478. The van der Waals surface area contributed by atoms with Crippen LogP contribution in [0.4, 0.5) is 33.8 Å². The number of benzene rings is 2. The number of nitrogens with two attached hydrogens (primary N) is 2. The van der Waals surface area contributed by atoms with Gasteiger partial charge in [0.1, 0.15) is 55.4 Å². The molecular weight excluding hydrogens is 845 g/mol. The number of ether oxygens (including phenoxy) is 2. The molecule has 0 radical (unpaired) electrons. The van der Waals surface area contributed by atoms with Gasteiger partial charge in [-0.2, -0.15) is 0 Å². The average Bonchev–Trinajstić information content (AvgIpc) is 3.32. The first-order valence-corrected chi connectivity index (χ1v) is 22.4. The van der Waals surface area contributed by atoms with E-state index in [1.54, 1.807) is 11.1 Å². The summed E-state index contributed by atoms with van der Waals surface area (Å²) in [6, 6.07) is 15.5. The molecule has 3 saturated heterocycles. The first kappa shape index (κ1) is 48.7. The Morgan fingerprint density at radius 1 is 0.742 bits per heavy atom. The summed E-state index contributed by atoms with van der Waals surface area (Å²) in [4.78, 5) is 62.8. The Morgan fingerprint density at radius 3 is 1.85 bits per heavy atom. The molecule has 2 aromatic carbocycles. The van der Waals surface area contributed by atoms with E-state index in [-0.39, 0.29) is 18.0 Å². The Morgan fingerprint density at radius 2 is 1.30 bits per heavy atom. The van der Waals surface area contributed by atoms with Crippen molar-refractivity contribution in [1.29, 1.82) is 0 Å². The largest absolute Gasteiger partial charge is 0.491 e. The van der Waals surface area contributed by atoms with Gasteiger partial charge in [0.15, 0.2) is 0 Å². The third-order valence-electron chi connectivity index (χ3n) is 11.2. The molecule has 0 atom stereocenters. The van der Waals surface area contributed by atoms with Gasteiger partial charge in [-0.1, -0.05) is 48.4 Å². The van der Waals surface area contributed by atoms with E-state index in [1.807, 2.05) is 43.0 Å². The fourth-order valence-electron chi connectivity index (χ4n) is 7.48. The molecule has 20 nitrogen and oxygen atoms in total. The molecule has 66 heavy (non-hydrogen) atoms. The van der Waals surface area contributed by atoms with Crippen LogP contribution in [0.3, 0.4) is 0 Å². The van der Waals surface area contributed by atoms with Crippen molar-refractivity contribution in [3.05, 3.63) is 83.4 Å². The molecule has 0 unspecified atom stereocenters. The second-order valence-corrected chi connectivity index (χ2v) is 16.5. The zero-order valence-electron chi connectivity index (χ0n) is 38.7. The molecule has 0 aliphatic carbocycles. The van der Waals surface area contributed by atoms with Crippen LogP contribution in [-0.4, -0.2) is 164 Å². The number of morpholine rings is 1. The normalized spacial score (nSPS) is 15.9. The fourth-order valence-corrected chi connectivity index (χ4v) is 7.48. The predicted molar refractivity (Wildman–Crippen MR) is 256 cm³/mol. The van der Waals surface area contributed by atoms with Crippen LogP contribution in [0.1, 0.15) is 55.9 Å². The van der Waals surface area contributed by atoms with Crippen LogP contribution < -0.4 is 31.3 Å². The Labute approximate surface area is 386 Å². The summed E-state index contributed by atoms with van der Waals surface area (Å²) in [6.45, 7) is 17.7. The second-order valence-electron chi connectivity index (χ2n) is 16.5. The Hall–Kier alpha value is -6.80. The highest BCUT2D eigenvalue weighted by molar-refractivity contribution is 5.93. The van der Waals surface area contributed by atoms with Crippen LogP contribution in [-0.2, 0) is 25.6 Å². The van der Waals surface area contributed by atoms with Gasteiger partial charge in [0.2, 0.25) is 5.91 Å². The van der Waals surface area contributed by atoms with Crippen LogP contribution in [0.25, 0.3) is 0 Å². The lowest BCUT2D eigenvalue weighted by Gasteiger charge is -2.36. The first-order valence-electron chi connectivity index (χ1n) is 22.4. The first-order chi connectivity index (χ1) is 32.0. The van der Waals surface area contributed by atoms with Gasteiger partial charge in [0.05, 0.1) is 49.3 Å². The van der Waals surface area contributed by atoms with E-state index in [0.717, 1.165) is 49.8 Å². The number of nitrogens with one attached hydrogen (secondary N) is 1. The average molecular weight is 909 g/mol. The molecule has 3 fully saturated rings. The van der Waals surface area contributed by atoms with Crippen molar-refractivity contribution in [1.82, 2.24) is 34.6 Å². The standard InChI is InChI=1S/C25H36N8O4.C21H28N6O2/c1-19(2)37-21-5-3-20(4-6-21)30-25(34)33-9-7-32(8-10-33)24-22(23(26)27-18-28-24)17-29-36-16-13-31-11-14-35-15-12-31;1-15(2)17-6-4-16(5-7-17)12-19(28)26-8-10-27(11-9-26)21-18(13-25-29-3)20(22)23-14-24-21/h3-6,17-19H,7-16H2,1-2H3,(H,30,34)(H2,26,27,28);4-7,13-15H,8-12H2,1-3H3,(H2,22,23,24)/b29-17+;25-13+. The van der Waals surface area contributed by atoms with Gasteiger partial charge >= 0.3 is 6.03 Å². The molecule has 0 spiro atoms. The second kappa shape index (κ2) is 24.5. The number of oxime groups is 2. The molecule has 7 rings (SSSR count). The summed E-state index contributed by atoms with van der Waals surface area (Å²) in [6.07, 6.45) is 6.48. The molecule has 0 saturated carbocycles. The number of nitrogens with zero attached hydrogens (tertiary/aromatic N) is 11. The van der Waals surface area contributed by atoms with Gasteiger partial charge in [0, 0.05) is 77.7 Å².